The maximum absolute atomic E-state index is 12.7. The monoisotopic (exact) mass is 321 g/mol. The van der Waals surface area contributed by atoms with E-state index in [0.717, 1.165) is 0 Å². The molecule has 0 radical (unpaired) electrons. The molecule has 8 nitrogen and oxygen atoms in total. The van der Waals surface area contributed by atoms with Crippen molar-refractivity contribution in [1.82, 2.24) is 14.8 Å². The van der Waals surface area contributed by atoms with Crippen LogP contribution in [0.5, 0.6) is 5.75 Å². The van der Waals surface area contributed by atoms with Gasteiger partial charge < -0.3 is 19.4 Å². The van der Waals surface area contributed by atoms with E-state index >= 15 is 0 Å². The summed E-state index contributed by atoms with van der Waals surface area (Å²) < 4.78 is 10.0. The molecule has 3 rings (SSSR count). The fourth-order valence-electron chi connectivity index (χ4n) is 3.15. The van der Waals surface area contributed by atoms with Gasteiger partial charge in [-0.2, -0.15) is 0 Å². The van der Waals surface area contributed by atoms with E-state index in [0.29, 0.717) is 26.1 Å². The van der Waals surface area contributed by atoms with Gasteiger partial charge in [0.15, 0.2) is 5.75 Å². The number of hydrogen-bond acceptors (Lipinski definition) is 5. The fraction of sp³-hybridized carbons (Fsp3) is 0.533. The van der Waals surface area contributed by atoms with Gasteiger partial charge in [0.2, 0.25) is 5.43 Å². The van der Waals surface area contributed by atoms with Crippen molar-refractivity contribution in [3.05, 3.63) is 28.2 Å². The summed E-state index contributed by atoms with van der Waals surface area (Å²) in [6.45, 7) is 3.48. The van der Waals surface area contributed by atoms with Gasteiger partial charge in [0, 0.05) is 31.9 Å². The third kappa shape index (κ3) is 2.43. The maximum Gasteiger partial charge on any atom is 0.410 e. The van der Waals surface area contributed by atoms with Gasteiger partial charge in [0.1, 0.15) is 12.3 Å². The van der Waals surface area contributed by atoms with Gasteiger partial charge in [-0.15, -0.1) is 0 Å². The van der Waals surface area contributed by atoms with Gasteiger partial charge in [-0.1, -0.05) is 6.92 Å². The Morgan fingerprint density at radius 2 is 2.22 bits per heavy atom. The zero-order valence-corrected chi connectivity index (χ0v) is 13.1. The zero-order chi connectivity index (χ0) is 16.6. The molecule has 1 aromatic heterocycles. The number of hydrogen-bond donors (Lipinski definition) is 1. The van der Waals surface area contributed by atoms with Crippen molar-refractivity contribution in [2.24, 2.45) is 0 Å². The average molecular weight is 321 g/mol. The minimum Gasteiger partial charge on any atom is -0.491 e. The number of nitrogens with zero attached hydrogens (tertiary/aromatic N) is 2. The summed E-state index contributed by atoms with van der Waals surface area (Å²) in [4.78, 5) is 42.4. The Morgan fingerprint density at radius 3 is 2.87 bits per heavy atom. The molecule has 124 valence electrons. The minimum absolute atomic E-state index is 0.159. The Balaban J connectivity index is 1.82. The first-order valence-corrected chi connectivity index (χ1v) is 7.51. The molecule has 1 N–H and O–H groups in total. The summed E-state index contributed by atoms with van der Waals surface area (Å²) in [6, 6.07) is 1.24. The minimum atomic E-state index is -0.474. The molecule has 0 aliphatic carbocycles. The van der Waals surface area contributed by atoms with Crippen molar-refractivity contribution < 1.29 is 19.1 Å². The van der Waals surface area contributed by atoms with Crippen LogP contribution in [0.15, 0.2) is 17.1 Å². The normalized spacial score (nSPS) is 23.5. The van der Waals surface area contributed by atoms with E-state index in [4.69, 9.17) is 9.47 Å². The predicted octanol–water partition coefficient (Wildman–Crippen LogP) is 0.440. The van der Waals surface area contributed by atoms with Gasteiger partial charge in [-0.25, -0.2) is 4.79 Å². The first-order chi connectivity index (χ1) is 11.0. The molecule has 8 heteroatoms. The molecule has 0 saturated carbocycles. The summed E-state index contributed by atoms with van der Waals surface area (Å²) in [5, 5.41) is 0. The predicted molar refractivity (Wildman–Crippen MR) is 80.6 cm³/mol. The molecule has 0 spiro atoms. The number of carbonyl (C=O) groups excluding carboxylic acids is 2. The van der Waals surface area contributed by atoms with Crippen molar-refractivity contribution in [3.8, 4) is 5.75 Å². The maximum atomic E-state index is 12.7. The van der Waals surface area contributed by atoms with Crippen LogP contribution in [0, 0.1) is 0 Å². The third-order valence-corrected chi connectivity index (χ3v) is 4.61. The summed E-state index contributed by atoms with van der Waals surface area (Å²) >= 11 is 0. The molecular formula is C15H19N3O5. The highest BCUT2D eigenvalue weighted by Crippen LogP contribution is 2.32. The summed E-state index contributed by atoms with van der Waals surface area (Å²) in [5.74, 6) is -0.109. The summed E-state index contributed by atoms with van der Waals surface area (Å²) in [6.07, 6.45) is 1.75. The number of carbonyl (C=O) groups is 2. The first kappa shape index (κ1) is 15.4. The number of rotatable bonds is 3. The molecule has 2 aliphatic heterocycles. The molecular weight excluding hydrogens is 302 g/mol. The number of amides is 2. The Hall–Kier alpha value is -2.51. The topological polar surface area (TPSA) is 91.9 Å². The lowest BCUT2D eigenvalue weighted by Crippen LogP contribution is -2.62. The van der Waals surface area contributed by atoms with Crippen LogP contribution in [-0.2, 0) is 4.74 Å². The lowest BCUT2D eigenvalue weighted by atomic mass is 9.92. The Kier molecular flexibility index (Phi) is 3.75. The number of piperazine rings is 1. The molecule has 1 aromatic rings. The van der Waals surface area contributed by atoms with E-state index in [1.165, 1.54) is 19.4 Å². The highest BCUT2D eigenvalue weighted by atomic mass is 16.6. The number of aromatic amines is 1. The van der Waals surface area contributed by atoms with E-state index < -0.39 is 5.54 Å². The van der Waals surface area contributed by atoms with E-state index in [-0.39, 0.29) is 35.5 Å². The number of ether oxygens (including phenoxy) is 2. The van der Waals surface area contributed by atoms with Crippen molar-refractivity contribution in [2.75, 3.05) is 33.4 Å². The molecule has 2 aliphatic rings. The quantitative estimate of drug-likeness (QED) is 0.872. The zero-order valence-electron chi connectivity index (χ0n) is 13.1. The first-order valence-electron chi connectivity index (χ1n) is 7.51. The number of methoxy groups -OCH3 is 1. The third-order valence-electron chi connectivity index (χ3n) is 4.61. The number of cyclic esters (lactones) is 1. The second-order valence-corrected chi connectivity index (χ2v) is 5.79. The van der Waals surface area contributed by atoms with Crippen molar-refractivity contribution in [1.29, 1.82) is 0 Å². The molecule has 0 bridgehead atoms. The lowest BCUT2D eigenvalue weighted by Gasteiger charge is -2.44. The van der Waals surface area contributed by atoms with Crippen LogP contribution >= 0.6 is 0 Å². The van der Waals surface area contributed by atoms with E-state index in [2.05, 4.69) is 4.98 Å². The van der Waals surface area contributed by atoms with Crippen LogP contribution in [0.3, 0.4) is 0 Å². The lowest BCUT2D eigenvalue weighted by molar-refractivity contribution is 0.0357. The molecule has 1 atom stereocenters. The molecule has 1 unspecified atom stereocenters. The van der Waals surface area contributed by atoms with Crippen LogP contribution < -0.4 is 10.2 Å². The molecule has 3 heterocycles. The molecule has 23 heavy (non-hydrogen) atoms. The van der Waals surface area contributed by atoms with Crippen molar-refractivity contribution in [3.63, 3.8) is 0 Å². The van der Waals surface area contributed by atoms with Gasteiger partial charge in [-0.05, 0) is 6.42 Å². The number of aromatic nitrogens is 1. The van der Waals surface area contributed by atoms with Crippen LogP contribution in [0.1, 0.15) is 23.8 Å². The second kappa shape index (κ2) is 5.60. The molecule has 2 amide bonds. The van der Waals surface area contributed by atoms with Crippen LogP contribution in [0.25, 0.3) is 0 Å². The number of fused-ring (bicyclic) bond motifs is 1. The number of pyridine rings is 1. The summed E-state index contributed by atoms with van der Waals surface area (Å²) in [5.41, 5.74) is -0.615. The van der Waals surface area contributed by atoms with E-state index in [9.17, 15) is 14.4 Å². The van der Waals surface area contributed by atoms with Crippen LogP contribution in [0.2, 0.25) is 0 Å². The van der Waals surface area contributed by atoms with Crippen molar-refractivity contribution in [2.45, 2.75) is 18.9 Å². The van der Waals surface area contributed by atoms with E-state index in [1.54, 1.807) is 9.80 Å². The SMILES string of the molecule is CCC12COC(=O)N1CCN(C(=O)c1cc(=O)c(OC)c[nH]1)C2. The van der Waals surface area contributed by atoms with Gasteiger partial charge in [0.05, 0.1) is 12.6 Å². The average Bonchev–Trinajstić information content (AvgIpc) is 2.91. The number of nitrogens with one attached hydrogen (secondary N) is 1. The number of H-pyrrole nitrogens is 1. The Bertz CT molecular complexity index is 701. The summed E-state index contributed by atoms with van der Waals surface area (Å²) in [7, 11) is 1.40. The van der Waals surface area contributed by atoms with Crippen molar-refractivity contribution >= 4 is 12.0 Å². The standard InChI is InChI=1S/C15H19N3O5/c1-3-15-8-17(4-5-18(15)14(21)23-9-15)13(20)10-6-11(19)12(22-2)7-16-10/h6-7H,3-5,8-9H2,1-2H3,(H,16,19). The van der Waals surface area contributed by atoms with Gasteiger partial charge in [0.25, 0.3) is 5.91 Å². The highest BCUT2D eigenvalue weighted by molar-refractivity contribution is 5.92. The van der Waals surface area contributed by atoms with Crippen LogP contribution in [0.4, 0.5) is 4.79 Å². The fourth-order valence-corrected chi connectivity index (χ4v) is 3.15. The van der Waals surface area contributed by atoms with Crippen LogP contribution in [-0.4, -0.2) is 65.7 Å². The van der Waals surface area contributed by atoms with Gasteiger partial charge in [-0.3, -0.25) is 14.5 Å². The highest BCUT2D eigenvalue weighted by Gasteiger charge is 2.50. The molecule has 2 saturated heterocycles. The smallest absolute Gasteiger partial charge is 0.410 e. The Labute approximate surface area is 133 Å². The largest absolute Gasteiger partial charge is 0.491 e. The molecule has 2 fully saturated rings. The van der Waals surface area contributed by atoms with Gasteiger partial charge >= 0.3 is 6.09 Å². The second-order valence-electron chi connectivity index (χ2n) is 5.79. The van der Waals surface area contributed by atoms with E-state index in [1.807, 2.05) is 6.92 Å². The Morgan fingerprint density at radius 1 is 1.43 bits per heavy atom. The molecule has 0 aromatic carbocycles.